The van der Waals surface area contributed by atoms with Crippen molar-refractivity contribution >= 4 is 6.09 Å². The topological polar surface area (TPSA) is 58.6 Å². The number of carbonyl (C=O) groups is 1. The molecular weight excluding hydrogens is 206 g/mol. The number of rotatable bonds is 5. The van der Waals surface area contributed by atoms with Gasteiger partial charge in [-0.05, 0) is 38.5 Å². The first-order valence-corrected chi connectivity index (χ1v) is 6.01. The second kappa shape index (κ2) is 4.87. The van der Waals surface area contributed by atoms with E-state index in [0.717, 1.165) is 38.5 Å². The summed E-state index contributed by atoms with van der Waals surface area (Å²) in [6.07, 6.45) is 9.68. The molecule has 1 aliphatic heterocycles. The predicted octanol–water partition coefficient (Wildman–Crippen LogP) is 1.74. The van der Waals surface area contributed by atoms with Crippen molar-refractivity contribution in [2.75, 3.05) is 6.61 Å². The van der Waals surface area contributed by atoms with Gasteiger partial charge in [0.05, 0.1) is 12.1 Å². The molecule has 0 spiro atoms. The summed E-state index contributed by atoms with van der Waals surface area (Å²) in [4.78, 5) is 11.2. The van der Waals surface area contributed by atoms with E-state index >= 15 is 0 Å². The van der Waals surface area contributed by atoms with E-state index in [1.165, 1.54) is 0 Å². The number of alkyl carbamates (subject to hydrolysis) is 1. The fourth-order valence-corrected chi connectivity index (χ4v) is 2.79. The summed E-state index contributed by atoms with van der Waals surface area (Å²) in [6.45, 7) is 0.105. The molecule has 1 aliphatic carbocycles. The summed E-state index contributed by atoms with van der Waals surface area (Å²) in [6, 6.07) is 0. The van der Waals surface area contributed by atoms with Crippen LogP contribution in [0.25, 0.3) is 0 Å². The van der Waals surface area contributed by atoms with Crippen molar-refractivity contribution in [1.82, 2.24) is 5.32 Å². The summed E-state index contributed by atoms with van der Waals surface area (Å²) in [5, 5.41) is 11.6. The Balaban J connectivity index is 1.82. The molecule has 0 aromatic heterocycles. The number of ether oxygens (including phenoxy) is 1. The summed E-state index contributed by atoms with van der Waals surface area (Å²) >= 11 is 0. The first-order chi connectivity index (χ1) is 7.77. The van der Waals surface area contributed by atoms with E-state index in [0.29, 0.717) is 0 Å². The molecule has 1 saturated heterocycles. The molecule has 2 aliphatic rings. The standard InChI is InChI=1S/C12H19NO3/c14-9-4-2-1-3-7-12-8-5-6-10(12)16-11(15)13-12/h2,4,10,14H,1,3,5-9H2,(H,13,15)/b4-2-/t10-,12+/m0/s1. The van der Waals surface area contributed by atoms with E-state index in [2.05, 4.69) is 5.32 Å². The van der Waals surface area contributed by atoms with Crippen LogP contribution in [0.4, 0.5) is 4.79 Å². The number of nitrogens with one attached hydrogen (secondary N) is 1. The fourth-order valence-electron chi connectivity index (χ4n) is 2.79. The van der Waals surface area contributed by atoms with Crippen LogP contribution >= 0.6 is 0 Å². The fraction of sp³-hybridized carbons (Fsp3) is 0.750. The van der Waals surface area contributed by atoms with Gasteiger partial charge < -0.3 is 15.2 Å². The van der Waals surface area contributed by atoms with Crippen molar-refractivity contribution < 1.29 is 14.6 Å². The third-order valence-electron chi connectivity index (χ3n) is 3.57. The molecule has 0 unspecified atom stereocenters. The zero-order valence-electron chi connectivity index (χ0n) is 9.45. The van der Waals surface area contributed by atoms with Crippen molar-refractivity contribution in [2.24, 2.45) is 0 Å². The molecule has 2 atom stereocenters. The van der Waals surface area contributed by atoms with E-state index in [-0.39, 0.29) is 24.3 Å². The molecule has 1 amide bonds. The predicted molar refractivity (Wildman–Crippen MR) is 60.1 cm³/mol. The number of hydrogen-bond donors (Lipinski definition) is 2. The Labute approximate surface area is 95.7 Å². The molecule has 2 rings (SSSR count). The molecule has 1 heterocycles. The summed E-state index contributed by atoms with van der Waals surface area (Å²) < 4.78 is 5.26. The highest BCUT2D eigenvalue weighted by Crippen LogP contribution is 2.39. The maximum absolute atomic E-state index is 11.2. The smallest absolute Gasteiger partial charge is 0.408 e. The van der Waals surface area contributed by atoms with E-state index in [1.54, 1.807) is 6.08 Å². The number of amides is 1. The molecule has 0 bridgehead atoms. The number of allylic oxidation sites excluding steroid dienone is 1. The van der Waals surface area contributed by atoms with Crippen molar-refractivity contribution in [3.63, 3.8) is 0 Å². The molecule has 0 aromatic carbocycles. The van der Waals surface area contributed by atoms with Crippen LogP contribution in [0, 0.1) is 0 Å². The first-order valence-electron chi connectivity index (χ1n) is 6.01. The summed E-state index contributed by atoms with van der Waals surface area (Å²) in [5.41, 5.74) is -0.0931. The van der Waals surface area contributed by atoms with E-state index < -0.39 is 0 Å². The number of unbranched alkanes of at least 4 members (excludes halogenated alkanes) is 1. The van der Waals surface area contributed by atoms with Crippen molar-refractivity contribution in [3.05, 3.63) is 12.2 Å². The Bertz CT molecular complexity index is 290. The number of aliphatic hydroxyl groups excluding tert-OH is 1. The van der Waals surface area contributed by atoms with Crippen LogP contribution in [0.1, 0.15) is 38.5 Å². The van der Waals surface area contributed by atoms with Gasteiger partial charge in [0.2, 0.25) is 0 Å². The van der Waals surface area contributed by atoms with E-state index in [9.17, 15) is 4.79 Å². The molecule has 2 fully saturated rings. The van der Waals surface area contributed by atoms with Gasteiger partial charge in [-0.25, -0.2) is 4.79 Å². The number of fused-ring (bicyclic) bond motifs is 1. The Morgan fingerprint density at radius 2 is 2.44 bits per heavy atom. The Morgan fingerprint density at radius 1 is 1.56 bits per heavy atom. The molecule has 4 heteroatoms. The van der Waals surface area contributed by atoms with Gasteiger partial charge in [-0.3, -0.25) is 0 Å². The largest absolute Gasteiger partial charge is 0.444 e. The molecular formula is C12H19NO3. The van der Waals surface area contributed by atoms with Crippen LogP contribution in [-0.4, -0.2) is 29.4 Å². The van der Waals surface area contributed by atoms with E-state index in [4.69, 9.17) is 9.84 Å². The Morgan fingerprint density at radius 3 is 3.25 bits per heavy atom. The molecule has 16 heavy (non-hydrogen) atoms. The Kier molecular flexibility index (Phi) is 3.49. The third kappa shape index (κ3) is 2.21. The highest BCUT2D eigenvalue weighted by Gasteiger charge is 2.50. The van der Waals surface area contributed by atoms with Gasteiger partial charge in [-0.15, -0.1) is 0 Å². The third-order valence-corrected chi connectivity index (χ3v) is 3.57. The number of carbonyl (C=O) groups excluding carboxylic acids is 1. The van der Waals surface area contributed by atoms with Crippen molar-refractivity contribution in [3.8, 4) is 0 Å². The van der Waals surface area contributed by atoms with Gasteiger partial charge in [0.15, 0.2) is 0 Å². The average Bonchev–Trinajstić information content (AvgIpc) is 2.73. The van der Waals surface area contributed by atoms with Gasteiger partial charge in [0.25, 0.3) is 0 Å². The molecule has 90 valence electrons. The highest BCUT2D eigenvalue weighted by molar-refractivity contribution is 5.71. The van der Waals surface area contributed by atoms with Gasteiger partial charge in [0.1, 0.15) is 6.10 Å². The lowest BCUT2D eigenvalue weighted by Gasteiger charge is -2.25. The highest BCUT2D eigenvalue weighted by atomic mass is 16.6. The molecule has 0 radical (unpaired) electrons. The lowest BCUT2D eigenvalue weighted by molar-refractivity contribution is 0.119. The molecule has 0 aromatic rings. The van der Waals surface area contributed by atoms with Crippen molar-refractivity contribution in [1.29, 1.82) is 0 Å². The molecule has 2 N–H and O–H groups in total. The number of hydrogen-bond acceptors (Lipinski definition) is 3. The second-order valence-electron chi connectivity index (χ2n) is 4.61. The van der Waals surface area contributed by atoms with Gasteiger partial charge >= 0.3 is 6.09 Å². The minimum absolute atomic E-state index is 0.0850. The maximum Gasteiger partial charge on any atom is 0.408 e. The summed E-state index contributed by atoms with van der Waals surface area (Å²) in [5.74, 6) is 0. The normalized spacial score (nSPS) is 32.8. The van der Waals surface area contributed by atoms with Crippen LogP contribution in [0.3, 0.4) is 0 Å². The first kappa shape index (κ1) is 11.5. The van der Waals surface area contributed by atoms with Gasteiger partial charge in [-0.1, -0.05) is 12.2 Å². The van der Waals surface area contributed by atoms with Gasteiger partial charge in [0, 0.05) is 0 Å². The monoisotopic (exact) mass is 225 g/mol. The Hall–Kier alpha value is -1.03. The summed E-state index contributed by atoms with van der Waals surface area (Å²) in [7, 11) is 0. The lowest BCUT2D eigenvalue weighted by Crippen LogP contribution is -2.44. The average molecular weight is 225 g/mol. The number of aliphatic hydroxyl groups is 1. The zero-order chi connectivity index (χ0) is 11.4. The van der Waals surface area contributed by atoms with Crippen LogP contribution in [0.5, 0.6) is 0 Å². The lowest BCUT2D eigenvalue weighted by atomic mass is 9.89. The van der Waals surface area contributed by atoms with Crippen LogP contribution in [-0.2, 0) is 4.74 Å². The molecule has 4 nitrogen and oxygen atoms in total. The van der Waals surface area contributed by atoms with Crippen LogP contribution < -0.4 is 5.32 Å². The minimum atomic E-state index is -0.254. The maximum atomic E-state index is 11.2. The molecule has 1 saturated carbocycles. The van der Waals surface area contributed by atoms with E-state index in [1.807, 2.05) is 6.08 Å². The quantitative estimate of drug-likeness (QED) is 0.553. The van der Waals surface area contributed by atoms with Crippen LogP contribution in [0.15, 0.2) is 12.2 Å². The van der Waals surface area contributed by atoms with Crippen LogP contribution in [0.2, 0.25) is 0 Å². The zero-order valence-corrected chi connectivity index (χ0v) is 9.45. The van der Waals surface area contributed by atoms with Gasteiger partial charge in [-0.2, -0.15) is 0 Å². The SMILES string of the molecule is O=C1N[C@]2(CCC/C=C\CO)CCC[C@@H]2O1. The minimum Gasteiger partial charge on any atom is -0.444 e. The second-order valence-corrected chi connectivity index (χ2v) is 4.61. The van der Waals surface area contributed by atoms with Crippen molar-refractivity contribution in [2.45, 2.75) is 50.2 Å².